The monoisotopic (exact) mass is 400 g/mol. The van der Waals surface area contributed by atoms with Crippen molar-refractivity contribution in [3.63, 3.8) is 0 Å². The fourth-order valence-corrected chi connectivity index (χ4v) is 3.38. The van der Waals surface area contributed by atoms with Gasteiger partial charge in [0.25, 0.3) is 0 Å². The molecule has 2 aromatic carbocycles. The zero-order valence-corrected chi connectivity index (χ0v) is 16.2. The van der Waals surface area contributed by atoms with Gasteiger partial charge in [0.05, 0.1) is 11.4 Å². The highest BCUT2D eigenvalue weighted by Crippen LogP contribution is 2.33. The molecule has 1 atom stereocenters. The number of hydrogen-bond acceptors (Lipinski definition) is 2. The maximum absolute atomic E-state index is 14.4. The lowest BCUT2D eigenvalue weighted by molar-refractivity contribution is -0.118. The molecule has 6 heteroatoms. The van der Waals surface area contributed by atoms with E-state index in [9.17, 15) is 13.6 Å². The van der Waals surface area contributed by atoms with Gasteiger partial charge >= 0.3 is 0 Å². The second-order valence-electron chi connectivity index (χ2n) is 6.52. The van der Waals surface area contributed by atoms with E-state index >= 15 is 0 Å². The number of carbonyl (C=O) groups is 1. The molecule has 1 heterocycles. The molecule has 144 valence electrons. The number of carbonyl (C=O) groups excluding carboxylic acids is 1. The van der Waals surface area contributed by atoms with Gasteiger partial charge in [0.1, 0.15) is 17.6 Å². The van der Waals surface area contributed by atoms with E-state index in [4.69, 9.17) is 17.3 Å². The minimum absolute atomic E-state index is 0.199. The van der Waals surface area contributed by atoms with E-state index < -0.39 is 29.0 Å². The highest BCUT2D eigenvalue weighted by Gasteiger charge is 2.29. The molecule has 0 aliphatic carbocycles. The van der Waals surface area contributed by atoms with Gasteiger partial charge in [-0.05, 0) is 54.8 Å². The first-order chi connectivity index (χ1) is 13.3. The normalized spacial score (nSPS) is 12.0. The number of benzene rings is 2. The highest BCUT2D eigenvalue weighted by molar-refractivity contribution is 6.31. The van der Waals surface area contributed by atoms with Gasteiger partial charge in [-0.3, -0.25) is 9.78 Å². The molecule has 0 saturated heterocycles. The van der Waals surface area contributed by atoms with Crippen molar-refractivity contribution < 1.29 is 13.6 Å². The van der Waals surface area contributed by atoms with Crippen LogP contribution in [0.4, 0.5) is 8.78 Å². The van der Waals surface area contributed by atoms with E-state index in [1.54, 1.807) is 18.2 Å². The summed E-state index contributed by atoms with van der Waals surface area (Å²) >= 11 is 6.23. The first kappa shape index (κ1) is 20.0. The number of rotatable bonds is 5. The Morgan fingerprint density at radius 2 is 1.79 bits per heavy atom. The summed E-state index contributed by atoms with van der Waals surface area (Å²) in [4.78, 5) is 16.7. The lowest BCUT2D eigenvalue weighted by Gasteiger charge is -2.18. The summed E-state index contributed by atoms with van der Waals surface area (Å²) < 4.78 is 28.8. The van der Waals surface area contributed by atoms with E-state index in [0.29, 0.717) is 17.1 Å². The van der Waals surface area contributed by atoms with E-state index in [1.807, 2.05) is 26.0 Å². The fraction of sp³-hybridized carbons (Fsp3) is 0.182. The molecule has 1 aromatic heterocycles. The van der Waals surface area contributed by atoms with Crippen LogP contribution >= 0.6 is 11.6 Å². The molecule has 0 aliphatic heterocycles. The number of nitrogens with zero attached hydrogens (tertiary/aromatic N) is 1. The van der Waals surface area contributed by atoms with E-state index in [0.717, 1.165) is 28.8 Å². The van der Waals surface area contributed by atoms with Crippen LogP contribution in [0.15, 0.2) is 48.5 Å². The zero-order valence-electron chi connectivity index (χ0n) is 15.5. The predicted octanol–water partition coefficient (Wildman–Crippen LogP) is 5.17. The molecule has 3 aromatic rings. The number of pyridine rings is 1. The van der Waals surface area contributed by atoms with E-state index in [1.165, 1.54) is 6.07 Å². The molecule has 0 radical (unpaired) electrons. The van der Waals surface area contributed by atoms with Crippen LogP contribution < -0.4 is 5.73 Å². The van der Waals surface area contributed by atoms with Crippen LogP contribution in [0.1, 0.15) is 35.2 Å². The second-order valence-corrected chi connectivity index (χ2v) is 6.93. The molecule has 0 spiro atoms. The maximum Gasteiger partial charge on any atom is 0.231 e. The minimum atomic E-state index is -1.34. The summed E-state index contributed by atoms with van der Waals surface area (Å²) in [6.07, 6.45) is 0.646. The lowest BCUT2D eigenvalue weighted by Crippen LogP contribution is -2.25. The van der Waals surface area contributed by atoms with Crippen LogP contribution in [0.3, 0.4) is 0 Å². The third kappa shape index (κ3) is 3.76. The average molecular weight is 401 g/mol. The summed E-state index contributed by atoms with van der Waals surface area (Å²) in [5.41, 5.74) is 8.37. The Hall–Kier alpha value is -2.79. The number of amides is 1. The Bertz CT molecular complexity index is 1030. The van der Waals surface area contributed by atoms with Gasteiger partial charge in [-0.15, -0.1) is 0 Å². The van der Waals surface area contributed by atoms with Crippen LogP contribution in [0, 0.1) is 18.6 Å². The molecule has 1 unspecified atom stereocenters. The van der Waals surface area contributed by atoms with Crippen molar-refractivity contribution in [1.29, 1.82) is 0 Å². The van der Waals surface area contributed by atoms with Gasteiger partial charge < -0.3 is 5.73 Å². The molecule has 3 rings (SSSR count). The predicted molar refractivity (Wildman–Crippen MR) is 106 cm³/mol. The average Bonchev–Trinajstić information content (AvgIpc) is 2.66. The molecule has 0 saturated carbocycles. The number of nitrogens with two attached hydrogens (primary N) is 1. The highest BCUT2D eigenvalue weighted by atomic mass is 35.5. The van der Waals surface area contributed by atoms with Gasteiger partial charge in [-0.25, -0.2) is 8.78 Å². The molecule has 0 fully saturated rings. The van der Waals surface area contributed by atoms with E-state index in [2.05, 4.69) is 4.98 Å². The van der Waals surface area contributed by atoms with Crippen molar-refractivity contribution >= 4 is 17.5 Å². The lowest BCUT2D eigenvalue weighted by atomic mass is 9.91. The van der Waals surface area contributed by atoms with Crippen LogP contribution in [0.25, 0.3) is 11.3 Å². The molecule has 0 aliphatic rings. The van der Waals surface area contributed by atoms with E-state index in [-0.39, 0.29) is 5.69 Å². The summed E-state index contributed by atoms with van der Waals surface area (Å²) in [7, 11) is 0. The summed E-state index contributed by atoms with van der Waals surface area (Å²) in [5.74, 6) is -3.90. The zero-order chi connectivity index (χ0) is 20.4. The smallest absolute Gasteiger partial charge is 0.231 e. The maximum atomic E-state index is 14.4. The largest absolute Gasteiger partial charge is 0.369 e. The van der Waals surface area contributed by atoms with Gasteiger partial charge in [0.15, 0.2) is 0 Å². The fourth-order valence-electron chi connectivity index (χ4n) is 3.21. The van der Waals surface area contributed by atoms with Crippen molar-refractivity contribution in [1.82, 2.24) is 4.98 Å². The standard InChI is InChI=1S/C22H19ClF2N2O/c1-3-13-10-18(14-6-4-7-15(23)12(14)2)27-19(11-13)21(22(26)28)20-16(24)8-5-9-17(20)25/h4-11,21H,3H2,1-2H3,(H2,26,28). The summed E-state index contributed by atoms with van der Waals surface area (Å²) in [6.45, 7) is 3.80. The number of hydrogen-bond donors (Lipinski definition) is 1. The third-order valence-corrected chi connectivity index (χ3v) is 5.13. The first-order valence-electron chi connectivity index (χ1n) is 8.83. The SMILES string of the molecule is CCc1cc(-c2cccc(Cl)c2C)nc(C(C(N)=O)c2c(F)cccc2F)c1. The third-order valence-electron chi connectivity index (χ3n) is 4.73. The Morgan fingerprint density at radius 3 is 2.39 bits per heavy atom. The molecule has 3 nitrogen and oxygen atoms in total. The molecule has 1 amide bonds. The summed E-state index contributed by atoms with van der Waals surface area (Å²) in [5, 5.41) is 0.578. The Kier molecular flexibility index (Phi) is 5.75. The van der Waals surface area contributed by atoms with Crippen LogP contribution in [-0.4, -0.2) is 10.9 Å². The van der Waals surface area contributed by atoms with Crippen molar-refractivity contribution in [2.45, 2.75) is 26.2 Å². The van der Waals surface area contributed by atoms with Crippen LogP contribution in [0.5, 0.6) is 0 Å². The number of aryl methyl sites for hydroxylation is 1. The van der Waals surface area contributed by atoms with Crippen LogP contribution in [0.2, 0.25) is 5.02 Å². The molecular weight excluding hydrogens is 382 g/mol. The van der Waals surface area contributed by atoms with Crippen molar-refractivity contribution in [3.8, 4) is 11.3 Å². The molecule has 0 bridgehead atoms. The summed E-state index contributed by atoms with van der Waals surface area (Å²) in [6, 6.07) is 12.4. The Balaban J connectivity index is 2.25. The number of primary amides is 1. The number of aromatic nitrogens is 1. The Morgan fingerprint density at radius 1 is 1.14 bits per heavy atom. The van der Waals surface area contributed by atoms with Gasteiger partial charge in [0, 0.05) is 16.1 Å². The van der Waals surface area contributed by atoms with Crippen LogP contribution in [-0.2, 0) is 11.2 Å². The Labute approximate surface area is 167 Å². The molecule has 28 heavy (non-hydrogen) atoms. The van der Waals surface area contributed by atoms with Crippen molar-refractivity contribution in [3.05, 3.63) is 87.6 Å². The minimum Gasteiger partial charge on any atom is -0.369 e. The van der Waals surface area contributed by atoms with Gasteiger partial charge in [0.2, 0.25) is 5.91 Å². The molecular formula is C22H19ClF2N2O. The van der Waals surface area contributed by atoms with Crippen molar-refractivity contribution in [2.24, 2.45) is 5.73 Å². The van der Waals surface area contributed by atoms with Gasteiger partial charge in [-0.2, -0.15) is 0 Å². The topological polar surface area (TPSA) is 56.0 Å². The molecule has 2 N–H and O–H groups in total. The number of halogens is 3. The quantitative estimate of drug-likeness (QED) is 0.642. The second kappa shape index (κ2) is 8.07. The first-order valence-corrected chi connectivity index (χ1v) is 9.20. The van der Waals surface area contributed by atoms with Gasteiger partial charge in [-0.1, -0.05) is 36.7 Å². The van der Waals surface area contributed by atoms with Crippen molar-refractivity contribution in [2.75, 3.05) is 0 Å².